The SMILES string of the molecule is CC(=O)SCCCC(C)CCC(=O)O. The van der Waals surface area contributed by atoms with E-state index in [2.05, 4.69) is 6.92 Å². The molecule has 0 bridgehead atoms. The predicted molar refractivity (Wildman–Crippen MR) is 58.4 cm³/mol. The summed E-state index contributed by atoms with van der Waals surface area (Å²) in [6.45, 7) is 3.62. The average Bonchev–Trinajstić information content (AvgIpc) is 2.08. The molecule has 0 aliphatic heterocycles. The summed E-state index contributed by atoms with van der Waals surface area (Å²) in [5, 5.41) is 8.61. The molecule has 0 aromatic carbocycles. The molecule has 0 saturated heterocycles. The standard InChI is InChI=1S/C10H18O3S/c1-8(5-6-10(12)13)4-3-7-14-9(2)11/h8H,3-7H2,1-2H3,(H,12,13). The van der Waals surface area contributed by atoms with E-state index in [-0.39, 0.29) is 11.5 Å². The molecule has 4 heteroatoms. The number of hydrogen-bond donors (Lipinski definition) is 1. The summed E-state index contributed by atoms with van der Waals surface area (Å²) in [6.07, 6.45) is 2.99. The Morgan fingerprint density at radius 1 is 1.36 bits per heavy atom. The largest absolute Gasteiger partial charge is 0.481 e. The first kappa shape index (κ1) is 13.5. The lowest BCUT2D eigenvalue weighted by Crippen LogP contribution is -2.01. The minimum absolute atomic E-state index is 0.156. The molecule has 0 rings (SSSR count). The first-order chi connectivity index (χ1) is 6.52. The van der Waals surface area contributed by atoms with Gasteiger partial charge in [0.2, 0.25) is 0 Å². The van der Waals surface area contributed by atoms with Gasteiger partial charge >= 0.3 is 5.97 Å². The summed E-state index contributed by atoms with van der Waals surface area (Å²) in [5.41, 5.74) is 0. The lowest BCUT2D eigenvalue weighted by atomic mass is 10.0. The van der Waals surface area contributed by atoms with Gasteiger partial charge in [-0.05, 0) is 25.2 Å². The van der Waals surface area contributed by atoms with Gasteiger partial charge in [0.25, 0.3) is 0 Å². The molecule has 0 aromatic heterocycles. The van der Waals surface area contributed by atoms with Crippen LogP contribution in [0.2, 0.25) is 0 Å². The highest BCUT2D eigenvalue weighted by molar-refractivity contribution is 8.13. The van der Waals surface area contributed by atoms with Crippen molar-refractivity contribution in [2.75, 3.05) is 5.75 Å². The summed E-state index contributed by atoms with van der Waals surface area (Å²) in [5.74, 6) is 0.570. The van der Waals surface area contributed by atoms with E-state index in [0.717, 1.165) is 25.0 Å². The number of thioether (sulfide) groups is 1. The summed E-state index contributed by atoms with van der Waals surface area (Å²) in [4.78, 5) is 20.9. The molecule has 0 spiro atoms. The van der Waals surface area contributed by atoms with Crippen LogP contribution in [0.5, 0.6) is 0 Å². The van der Waals surface area contributed by atoms with Gasteiger partial charge in [0.05, 0.1) is 0 Å². The molecule has 0 saturated carbocycles. The van der Waals surface area contributed by atoms with Gasteiger partial charge in [-0.1, -0.05) is 18.7 Å². The Morgan fingerprint density at radius 3 is 2.50 bits per heavy atom. The van der Waals surface area contributed by atoms with Crippen LogP contribution in [0, 0.1) is 5.92 Å². The van der Waals surface area contributed by atoms with E-state index in [9.17, 15) is 9.59 Å². The number of aliphatic carboxylic acids is 1. The zero-order valence-electron chi connectivity index (χ0n) is 8.78. The van der Waals surface area contributed by atoms with Gasteiger partial charge in [-0.3, -0.25) is 9.59 Å². The Bertz CT molecular complexity index is 192. The van der Waals surface area contributed by atoms with Crippen LogP contribution in [0.15, 0.2) is 0 Å². The third-order valence-electron chi connectivity index (χ3n) is 2.00. The minimum atomic E-state index is -0.727. The van der Waals surface area contributed by atoms with Gasteiger partial charge in [-0.15, -0.1) is 0 Å². The Balaban J connectivity index is 3.30. The molecule has 1 unspecified atom stereocenters. The number of hydrogen-bond acceptors (Lipinski definition) is 3. The average molecular weight is 218 g/mol. The van der Waals surface area contributed by atoms with Crippen LogP contribution in [-0.2, 0) is 9.59 Å². The number of carboxylic acid groups (broad SMARTS) is 1. The Labute approximate surface area is 89.3 Å². The molecular formula is C10H18O3S. The predicted octanol–water partition coefficient (Wildman–Crippen LogP) is 2.55. The summed E-state index contributed by atoms with van der Waals surface area (Å²) >= 11 is 1.34. The number of carboxylic acids is 1. The molecule has 0 fully saturated rings. The maximum absolute atomic E-state index is 10.6. The molecule has 0 aliphatic carbocycles. The molecular weight excluding hydrogens is 200 g/mol. The number of carbonyl (C=O) groups excluding carboxylic acids is 1. The van der Waals surface area contributed by atoms with Crippen LogP contribution in [0.3, 0.4) is 0 Å². The smallest absolute Gasteiger partial charge is 0.303 e. The zero-order chi connectivity index (χ0) is 11.0. The van der Waals surface area contributed by atoms with E-state index in [0.29, 0.717) is 5.92 Å². The Kier molecular flexibility index (Phi) is 7.57. The van der Waals surface area contributed by atoms with E-state index in [1.54, 1.807) is 6.92 Å². The summed E-state index contributed by atoms with van der Waals surface area (Å²) in [6, 6.07) is 0. The van der Waals surface area contributed by atoms with E-state index in [4.69, 9.17) is 5.11 Å². The first-order valence-electron chi connectivity index (χ1n) is 4.87. The molecule has 0 amide bonds. The van der Waals surface area contributed by atoms with Gasteiger partial charge in [0.1, 0.15) is 0 Å². The van der Waals surface area contributed by atoms with Crippen molar-refractivity contribution >= 4 is 22.8 Å². The molecule has 1 atom stereocenters. The fourth-order valence-corrected chi connectivity index (χ4v) is 1.76. The molecule has 14 heavy (non-hydrogen) atoms. The van der Waals surface area contributed by atoms with Crippen molar-refractivity contribution in [1.82, 2.24) is 0 Å². The summed E-state index contributed by atoms with van der Waals surface area (Å²) in [7, 11) is 0. The minimum Gasteiger partial charge on any atom is -0.481 e. The molecule has 0 radical (unpaired) electrons. The first-order valence-corrected chi connectivity index (χ1v) is 5.86. The molecule has 0 heterocycles. The van der Waals surface area contributed by atoms with Crippen LogP contribution in [-0.4, -0.2) is 21.9 Å². The fraction of sp³-hybridized carbons (Fsp3) is 0.800. The van der Waals surface area contributed by atoms with Gasteiger partial charge in [-0.25, -0.2) is 0 Å². The van der Waals surface area contributed by atoms with E-state index in [1.165, 1.54) is 11.8 Å². The topological polar surface area (TPSA) is 54.4 Å². The van der Waals surface area contributed by atoms with Crippen molar-refractivity contribution in [3.8, 4) is 0 Å². The highest BCUT2D eigenvalue weighted by Gasteiger charge is 2.05. The van der Waals surface area contributed by atoms with Crippen molar-refractivity contribution < 1.29 is 14.7 Å². The Morgan fingerprint density at radius 2 is 2.00 bits per heavy atom. The molecule has 82 valence electrons. The highest BCUT2D eigenvalue weighted by atomic mass is 32.2. The fourth-order valence-electron chi connectivity index (χ4n) is 1.16. The molecule has 3 nitrogen and oxygen atoms in total. The number of carbonyl (C=O) groups is 2. The van der Waals surface area contributed by atoms with Gasteiger partial charge in [0, 0.05) is 19.1 Å². The zero-order valence-corrected chi connectivity index (χ0v) is 9.60. The van der Waals surface area contributed by atoms with Gasteiger partial charge in [-0.2, -0.15) is 0 Å². The second-order valence-corrected chi connectivity index (χ2v) is 4.79. The van der Waals surface area contributed by atoms with E-state index in [1.807, 2.05) is 0 Å². The van der Waals surface area contributed by atoms with Crippen LogP contribution >= 0.6 is 11.8 Å². The third-order valence-corrected chi connectivity index (χ3v) is 2.90. The normalized spacial score (nSPS) is 12.4. The van der Waals surface area contributed by atoms with Crippen molar-refractivity contribution in [3.63, 3.8) is 0 Å². The molecule has 0 aromatic rings. The monoisotopic (exact) mass is 218 g/mol. The van der Waals surface area contributed by atoms with Crippen LogP contribution in [0.1, 0.15) is 39.5 Å². The quantitative estimate of drug-likeness (QED) is 0.667. The summed E-state index contributed by atoms with van der Waals surface area (Å²) < 4.78 is 0. The molecule has 0 aliphatic rings. The number of rotatable bonds is 7. The van der Waals surface area contributed by atoms with Crippen molar-refractivity contribution in [1.29, 1.82) is 0 Å². The van der Waals surface area contributed by atoms with Crippen LogP contribution < -0.4 is 0 Å². The third kappa shape index (κ3) is 9.58. The lowest BCUT2D eigenvalue weighted by Gasteiger charge is -2.08. The van der Waals surface area contributed by atoms with Crippen molar-refractivity contribution in [2.45, 2.75) is 39.5 Å². The maximum Gasteiger partial charge on any atom is 0.303 e. The van der Waals surface area contributed by atoms with Gasteiger partial charge < -0.3 is 5.11 Å². The highest BCUT2D eigenvalue weighted by Crippen LogP contribution is 2.15. The Hall–Kier alpha value is -0.510. The van der Waals surface area contributed by atoms with Crippen LogP contribution in [0.25, 0.3) is 0 Å². The second-order valence-electron chi connectivity index (χ2n) is 3.52. The van der Waals surface area contributed by atoms with Crippen LogP contribution in [0.4, 0.5) is 0 Å². The maximum atomic E-state index is 10.6. The van der Waals surface area contributed by atoms with E-state index >= 15 is 0 Å². The lowest BCUT2D eigenvalue weighted by molar-refractivity contribution is -0.137. The van der Waals surface area contributed by atoms with Crippen molar-refractivity contribution in [3.05, 3.63) is 0 Å². The van der Waals surface area contributed by atoms with E-state index < -0.39 is 5.97 Å². The molecule has 1 N–H and O–H groups in total. The second kappa shape index (κ2) is 7.85. The van der Waals surface area contributed by atoms with Gasteiger partial charge in [0.15, 0.2) is 5.12 Å². The van der Waals surface area contributed by atoms with Crippen molar-refractivity contribution in [2.24, 2.45) is 5.92 Å².